The van der Waals surface area contributed by atoms with Crippen LogP contribution in [-0.4, -0.2) is 215 Å². The summed E-state index contributed by atoms with van der Waals surface area (Å²) in [7, 11) is 0. The van der Waals surface area contributed by atoms with Crippen molar-refractivity contribution in [3.8, 4) is 0 Å². The number of hydrogen-bond donors (Lipinski definition) is 14. The summed E-state index contributed by atoms with van der Waals surface area (Å²) in [5.41, 5.74) is 0. The van der Waals surface area contributed by atoms with Crippen LogP contribution in [0, 0.1) is 0 Å². The number of hydrogen-bond acceptors (Lipinski definition) is 20. The number of aliphatic carboxylic acids is 1. The zero-order chi connectivity index (χ0) is 65.4. The summed E-state index contributed by atoms with van der Waals surface area (Å²) in [6.45, 7) is 2.14. The lowest BCUT2D eigenvalue weighted by Gasteiger charge is -2.50. The van der Waals surface area contributed by atoms with Crippen molar-refractivity contribution in [2.75, 3.05) is 26.4 Å². The van der Waals surface area contributed by atoms with Crippen molar-refractivity contribution < 1.29 is 104 Å². The summed E-state index contributed by atoms with van der Waals surface area (Å²) in [5.74, 6) is -6.14. The molecule has 3 fully saturated rings. The summed E-state index contributed by atoms with van der Waals surface area (Å²) >= 11 is 0. The first-order valence-electron chi connectivity index (χ1n) is 34.6. The highest BCUT2D eigenvalue weighted by atomic mass is 16.8. The Bertz CT molecular complexity index is 1860. The number of ether oxygens (including phenoxy) is 6. The van der Waals surface area contributed by atoms with Crippen LogP contribution in [0.1, 0.15) is 252 Å². The number of allylic oxidation sites excluding steroid dienone is 1. The summed E-state index contributed by atoms with van der Waals surface area (Å²) in [4.78, 5) is 38.5. The predicted molar refractivity (Wildman–Crippen MR) is 334 cm³/mol. The van der Waals surface area contributed by atoms with Crippen LogP contribution < -0.4 is 10.6 Å². The van der Waals surface area contributed by atoms with E-state index >= 15 is 0 Å². The molecule has 522 valence electrons. The molecule has 0 radical (unpaired) electrons. The number of amides is 2. The van der Waals surface area contributed by atoms with Crippen molar-refractivity contribution >= 4 is 17.8 Å². The van der Waals surface area contributed by atoms with E-state index in [9.17, 15) is 75.7 Å². The third kappa shape index (κ3) is 30.2. The number of rotatable bonds is 52. The molecule has 23 heteroatoms. The molecule has 2 amide bonds. The van der Waals surface area contributed by atoms with E-state index in [0.717, 1.165) is 51.9 Å². The van der Waals surface area contributed by atoms with Gasteiger partial charge in [-0.1, -0.05) is 225 Å². The van der Waals surface area contributed by atoms with Crippen LogP contribution in [0.15, 0.2) is 12.2 Å². The second kappa shape index (κ2) is 47.4. The number of carbonyl (C=O) groups is 3. The fourth-order valence-electron chi connectivity index (χ4n) is 12.2. The quantitative estimate of drug-likeness (QED) is 0.0249. The third-order valence-corrected chi connectivity index (χ3v) is 17.7. The molecule has 0 aromatic carbocycles. The Morgan fingerprint density at radius 1 is 0.584 bits per heavy atom. The maximum atomic E-state index is 13.4. The number of aliphatic hydroxyl groups is 11. The van der Waals surface area contributed by atoms with Gasteiger partial charge >= 0.3 is 5.97 Å². The van der Waals surface area contributed by atoms with Gasteiger partial charge in [0.25, 0.3) is 5.79 Å². The molecule has 0 aliphatic carbocycles. The number of carboxylic acid groups (broad SMARTS) is 1. The van der Waals surface area contributed by atoms with Gasteiger partial charge in [0, 0.05) is 19.8 Å². The highest BCUT2D eigenvalue weighted by Crippen LogP contribution is 2.39. The van der Waals surface area contributed by atoms with Gasteiger partial charge in [0.2, 0.25) is 11.8 Å². The summed E-state index contributed by atoms with van der Waals surface area (Å²) in [6, 6.07) is -2.61. The van der Waals surface area contributed by atoms with Crippen LogP contribution in [0.5, 0.6) is 0 Å². The van der Waals surface area contributed by atoms with Gasteiger partial charge in [0.05, 0.1) is 50.7 Å². The first kappa shape index (κ1) is 80.7. The Kier molecular flexibility index (Phi) is 43.0. The van der Waals surface area contributed by atoms with Gasteiger partial charge in [-0.3, -0.25) is 9.59 Å². The zero-order valence-corrected chi connectivity index (χ0v) is 54.3. The van der Waals surface area contributed by atoms with Crippen molar-refractivity contribution in [3.05, 3.63) is 12.2 Å². The lowest BCUT2D eigenvalue weighted by atomic mass is 9.88. The Balaban J connectivity index is 1.58. The average molecular weight is 1280 g/mol. The largest absolute Gasteiger partial charge is 0.477 e. The minimum atomic E-state index is -3.08. The number of unbranched alkanes of at least 4 members (excludes halogenated alkanes) is 32. The predicted octanol–water partition coefficient (Wildman–Crippen LogP) is 5.90. The van der Waals surface area contributed by atoms with Crippen LogP contribution in [0.2, 0.25) is 0 Å². The molecule has 3 heterocycles. The van der Waals surface area contributed by atoms with Crippen molar-refractivity contribution in [2.24, 2.45) is 0 Å². The van der Waals surface area contributed by atoms with Crippen LogP contribution in [0.4, 0.5) is 0 Å². The molecular formula is C66H122N2O21. The summed E-state index contributed by atoms with van der Waals surface area (Å²) in [6.07, 6.45) is 15.5. The lowest BCUT2D eigenvalue weighted by molar-refractivity contribution is -0.386. The number of carboxylic acids is 1. The summed E-state index contributed by atoms with van der Waals surface area (Å²) < 4.78 is 34.8. The smallest absolute Gasteiger partial charge is 0.364 e. The minimum Gasteiger partial charge on any atom is -0.477 e. The van der Waals surface area contributed by atoms with E-state index in [2.05, 4.69) is 24.5 Å². The fraction of sp³-hybridized carbons (Fsp3) is 0.924. The van der Waals surface area contributed by atoms with E-state index in [4.69, 9.17) is 28.4 Å². The van der Waals surface area contributed by atoms with Crippen LogP contribution >= 0.6 is 0 Å². The average Bonchev–Trinajstić information content (AvgIpc) is 0.874. The molecule has 0 aromatic heterocycles. The topological polar surface area (TPSA) is 373 Å². The second-order valence-electron chi connectivity index (χ2n) is 25.4. The monoisotopic (exact) mass is 1280 g/mol. The van der Waals surface area contributed by atoms with Crippen molar-refractivity contribution in [2.45, 2.75) is 362 Å². The van der Waals surface area contributed by atoms with Gasteiger partial charge in [0.15, 0.2) is 12.6 Å². The van der Waals surface area contributed by atoms with Crippen LogP contribution in [0.25, 0.3) is 0 Å². The van der Waals surface area contributed by atoms with E-state index in [1.54, 1.807) is 6.08 Å². The van der Waals surface area contributed by atoms with Gasteiger partial charge in [-0.2, -0.15) is 0 Å². The molecule has 18 atom stereocenters. The highest BCUT2D eigenvalue weighted by molar-refractivity contribution is 5.77. The Hall–Kier alpha value is -2.53. The standard InChI is InChI=1S/C66H122N2O21/c1-4-6-8-10-12-14-16-18-19-20-21-22-23-24-25-26-28-30-32-34-36-38-40-53(76)68-47(48(73)39-37-35-33-31-29-27-17-15-13-11-9-7-5-2)45-84-63-58(80)57(79)60(52(44-71)86-63)87-64-59(81)62(56(78)51(43-70)85-64)89-66(65(82)83)41-49(74)54(67-46(3)72)61(88-66)55(77)50(75)42-69/h37,39,47-52,54-64,69-71,73-75,77-81H,4-36,38,40-45H2,1-3H3,(H,67,72)(H,68,76)(H,82,83). The normalized spacial score (nSPS) is 28.8. The Labute approximate surface area is 531 Å². The molecular weight excluding hydrogens is 1160 g/mol. The van der Waals surface area contributed by atoms with E-state index in [1.807, 2.05) is 6.08 Å². The molecule has 0 bridgehead atoms. The molecule has 3 aliphatic heterocycles. The van der Waals surface area contributed by atoms with Gasteiger partial charge < -0.3 is 100 Å². The lowest BCUT2D eigenvalue weighted by Crippen LogP contribution is -2.70. The van der Waals surface area contributed by atoms with Gasteiger partial charge in [-0.15, -0.1) is 0 Å². The molecule has 14 N–H and O–H groups in total. The third-order valence-electron chi connectivity index (χ3n) is 17.7. The SMILES string of the molecule is CCCCCCCCCCCCCC=CC(O)C(COC1OC(CO)C(OC2OC(CO)C(O)C(OC3(C(=O)O)CC(O)C(NC(C)=O)C(C(O)C(O)CO)O3)C2O)C(O)C1O)NC(=O)CCCCCCCCCCCCCCCCCCCCCCCC. The molecule has 23 nitrogen and oxygen atoms in total. The molecule has 0 spiro atoms. The van der Waals surface area contributed by atoms with Gasteiger partial charge in [0.1, 0.15) is 67.1 Å². The number of nitrogens with one attached hydrogen (secondary N) is 2. The molecule has 18 unspecified atom stereocenters. The van der Waals surface area contributed by atoms with E-state index in [1.165, 1.54) is 161 Å². The molecule has 89 heavy (non-hydrogen) atoms. The molecule has 0 saturated carbocycles. The molecule has 3 rings (SSSR count). The zero-order valence-electron chi connectivity index (χ0n) is 54.3. The molecule has 0 aromatic rings. The van der Waals surface area contributed by atoms with Gasteiger partial charge in [-0.25, -0.2) is 4.79 Å². The van der Waals surface area contributed by atoms with E-state index in [0.29, 0.717) is 12.8 Å². The van der Waals surface area contributed by atoms with Crippen molar-refractivity contribution in [1.29, 1.82) is 0 Å². The Morgan fingerprint density at radius 3 is 1.49 bits per heavy atom. The highest BCUT2D eigenvalue weighted by Gasteiger charge is 2.60. The van der Waals surface area contributed by atoms with Crippen molar-refractivity contribution in [1.82, 2.24) is 10.6 Å². The fourth-order valence-corrected chi connectivity index (χ4v) is 12.2. The Morgan fingerprint density at radius 2 is 1.04 bits per heavy atom. The second-order valence-corrected chi connectivity index (χ2v) is 25.4. The first-order valence-corrected chi connectivity index (χ1v) is 34.6. The van der Waals surface area contributed by atoms with Crippen LogP contribution in [0.3, 0.4) is 0 Å². The van der Waals surface area contributed by atoms with Gasteiger partial charge in [-0.05, 0) is 19.3 Å². The van der Waals surface area contributed by atoms with E-state index < -0.39 is 155 Å². The number of aliphatic hydroxyl groups excluding tert-OH is 11. The van der Waals surface area contributed by atoms with E-state index in [-0.39, 0.29) is 12.3 Å². The maximum Gasteiger partial charge on any atom is 0.364 e. The first-order chi connectivity index (χ1) is 42.9. The van der Waals surface area contributed by atoms with Crippen molar-refractivity contribution in [3.63, 3.8) is 0 Å². The molecule has 3 saturated heterocycles. The minimum absolute atomic E-state index is 0.205. The van der Waals surface area contributed by atoms with Crippen LogP contribution in [-0.2, 0) is 42.8 Å². The number of carbonyl (C=O) groups excluding carboxylic acids is 2. The maximum absolute atomic E-state index is 13.4. The summed E-state index contributed by atoms with van der Waals surface area (Å²) in [5, 5.41) is 136. The molecule has 3 aliphatic rings.